The number of aryl methyl sites for hydroxylation is 1. The molecular weight excluding hydrogens is 168 g/mol. The standard InChI is InChI=1S/C8H12N4O/c1-4-7(13)10-6(2)8-9-5-12(3)11-8/h4-6H,1H2,2-3H3,(H,10,13). The lowest BCUT2D eigenvalue weighted by molar-refractivity contribution is -0.117. The fourth-order valence-corrected chi connectivity index (χ4v) is 0.891. The van der Waals surface area contributed by atoms with Crippen molar-refractivity contribution in [3.63, 3.8) is 0 Å². The molecule has 0 aliphatic rings. The van der Waals surface area contributed by atoms with Crippen LogP contribution in [0.1, 0.15) is 18.8 Å². The van der Waals surface area contributed by atoms with Crippen molar-refractivity contribution in [1.29, 1.82) is 0 Å². The Labute approximate surface area is 76.5 Å². The first-order chi connectivity index (χ1) is 6.13. The van der Waals surface area contributed by atoms with Crippen LogP contribution in [0.5, 0.6) is 0 Å². The van der Waals surface area contributed by atoms with E-state index in [1.165, 1.54) is 6.08 Å². The third-order valence-corrected chi connectivity index (χ3v) is 1.55. The van der Waals surface area contributed by atoms with Crippen molar-refractivity contribution < 1.29 is 4.79 Å². The predicted octanol–water partition coefficient (Wildman–Crippen LogP) is 0.178. The molecule has 0 aromatic carbocycles. The highest BCUT2D eigenvalue weighted by atomic mass is 16.1. The number of rotatable bonds is 3. The van der Waals surface area contributed by atoms with Crippen molar-refractivity contribution in [2.45, 2.75) is 13.0 Å². The summed E-state index contributed by atoms with van der Waals surface area (Å²) in [5, 5.41) is 6.72. The van der Waals surface area contributed by atoms with E-state index in [-0.39, 0.29) is 11.9 Å². The first kappa shape index (κ1) is 9.44. The maximum atomic E-state index is 10.9. The van der Waals surface area contributed by atoms with E-state index in [2.05, 4.69) is 22.0 Å². The fourth-order valence-electron chi connectivity index (χ4n) is 0.891. The molecule has 1 atom stereocenters. The van der Waals surface area contributed by atoms with Crippen LogP contribution < -0.4 is 5.32 Å². The zero-order valence-electron chi connectivity index (χ0n) is 7.69. The van der Waals surface area contributed by atoms with E-state index < -0.39 is 0 Å². The van der Waals surface area contributed by atoms with E-state index in [9.17, 15) is 4.79 Å². The Bertz CT molecular complexity index is 318. The molecule has 5 heteroatoms. The van der Waals surface area contributed by atoms with Gasteiger partial charge in [0, 0.05) is 7.05 Å². The maximum absolute atomic E-state index is 10.9. The highest BCUT2D eigenvalue weighted by molar-refractivity contribution is 5.87. The van der Waals surface area contributed by atoms with Crippen LogP contribution in [0, 0.1) is 0 Å². The Hall–Kier alpha value is -1.65. The van der Waals surface area contributed by atoms with Crippen LogP contribution in [-0.4, -0.2) is 20.7 Å². The summed E-state index contributed by atoms with van der Waals surface area (Å²) < 4.78 is 1.59. The molecule has 0 radical (unpaired) electrons. The van der Waals surface area contributed by atoms with E-state index in [1.54, 1.807) is 18.1 Å². The molecule has 1 N–H and O–H groups in total. The lowest BCUT2D eigenvalue weighted by Crippen LogP contribution is -2.25. The molecule has 1 heterocycles. The van der Waals surface area contributed by atoms with Crippen molar-refractivity contribution in [1.82, 2.24) is 20.1 Å². The van der Waals surface area contributed by atoms with Crippen LogP contribution in [-0.2, 0) is 11.8 Å². The van der Waals surface area contributed by atoms with Crippen LogP contribution in [0.2, 0.25) is 0 Å². The van der Waals surface area contributed by atoms with E-state index in [4.69, 9.17) is 0 Å². The van der Waals surface area contributed by atoms with Gasteiger partial charge in [0.15, 0.2) is 5.82 Å². The summed E-state index contributed by atoms with van der Waals surface area (Å²) in [6.45, 7) is 5.17. The molecule has 0 saturated heterocycles. The minimum absolute atomic E-state index is 0.188. The predicted molar refractivity (Wildman–Crippen MR) is 47.8 cm³/mol. The molecule has 70 valence electrons. The Morgan fingerprint density at radius 2 is 2.54 bits per heavy atom. The SMILES string of the molecule is C=CC(=O)NC(C)c1ncn(C)n1. The third kappa shape index (κ3) is 2.40. The molecule has 1 aromatic rings. The Morgan fingerprint density at radius 3 is 3.00 bits per heavy atom. The smallest absolute Gasteiger partial charge is 0.243 e. The summed E-state index contributed by atoms with van der Waals surface area (Å²) >= 11 is 0. The quantitative estimate of drug-likeness (QED) is 0.675. The molecule has 0 saturated carbocycles. The van der Waals surface area contributed by atoms with Crippen molar-refractivity contribution in [3.05, 3.63) is 24.8 Å². The molecule has 1 aromatic heterocycles. The second-order valence-corrected chi connectivity index (χ2v) is 2.71. The number of aromatic nitrogens is 3. The second kappa shape index (κ2) is 3.84. The lowest BCUT2D eigenvalue weighted by atomic mass is 10.3. The van der Waals surface area contributed by atoms with Gasteiger partial charge in [-0.15, -0.1) is 0 Å². The summed E-state index contributed by atoms with van der Waals surface area (Å²) in [6, 6.07) is -0.188. The minimum atomic E-state index is -0.222. The highest BCUT2D eigenvalue weighted by Crippen LogP contribution is 2.04. The second-order valence-electron chi connectivity index (χ2n) is 2.71. The van der Waals surface area contributed by atoms with Gasteiger partial charge in [-0.1, -0.05) is 6.58 Å². The topological polar surface area (TPSA) is 59.8 Å². The average molecular weight is 180 g/mol. The molecule has 1 amide bonds. The highest BCUT2D eigenvalue weighted by Gasteiger charge is 2.10. The van der Waals surface area contributed by atoms with Gasteiger partial charge in [0.1, 0.15) is 6.33 Å². The molecule has 0 fully saturated rings. The zero-order chi connectivity index (χ0) is 9.84. The maximum Gasteiger partial charge on any atom is 0.243 e. The van der Waals surface area contributed by atoms with Gasteiger partial charge < -0.3 is 5.32 Å². The molecule has 1 rings (SSSR count). The lowest BCUT2D eigenvalue weighted by Gasteiger charge is -2.07. The normalized spacial score (nSPS) is 12.2. The molecule has 13 heavy (non-hydrogen) atoms. The fraction of sp³-hybridized carbons (Fsp3) is 0.375. The summed E-state index contributed by atoms with van der Waals surface area (Å²) in [7, 11) is 1.78. The van der Waals surface area contributed by atoms with E-state index in [0.29, 0.717) is 5.82 Å². The van der Waals surface area contributed by atoms with E-state index >= 15 is 0 Å². The number of hydrogen-bond donors (Lipinski definition) is 1. The van der Waals surface area contributed by atoms with E-state index in [0.717, 1.165) is 0 Å². The van der Waals surface area contributed by atoms with Crippen LogP contribution >= 0.6 is 0 Å². The number of hydrogen-bond acceptors (Lipinski definition) is 3. The number of nitrogens with one attached hydrogen (secondary N) is 1. The molecule has 0 aliphatic carbocycles. The van der Waals surface area contributed by atoms with Crippen molar-refractivity contribution in [2.24, 2.45) is 7.05 Å². The van der Waals surface area contributed by atoms with Crippen LogP contribution in [0.4, 0.5) is 0 Å². The number of carbonyl (C=O) groups excluding carboxylic acids is 1. The molecule has 0 aliphatic heterocycles. The first-order valence-electron chi connectivity index (χ1n) is 3.92. The monoisotopic (exact) mass is 180 g/mol. The Morgan fingerprint density at radius 1 is 1.85 bits per heavy atom. The van der Waals surface area contributed by atoms with Gasteiger partial charge >= 0.3 is 0 Å². The van der Waals surface area contributed by atoms with Gasteiger partial charge in [0.05, 0.1) is 6.04 Å². The minimum Gasteiger partial charge on any atom is -0.343 e. The number of nitrogens with zero attached hydrogens (tertiary/aromatic N) is 3. The molecule has 1 unspecified atom stereocenters. The van der Waals surface area contributed by atoms with Gasteiger partial charge in [0.25, 0.3) is 0 Å². The Balaban J connectivity index is 2.63. The van der Waals surface area contributed by atoms with E-state index in [1.807, 2.05) is 6.92 Å². The van der Waals surface area contributed by atoms with Gasteiger partial charge in [-0.25, -0.2) is 4.98 Å². The summed E-state index contributed by atoms with van der Waals surface area (Å²) in [6.07, 6.45) is 2.81. The first-order valence-corrected chi connectivity index (χ1v) is 3.92. The number of amides is 1. The number of carbonyl (C=O) groups is 1. The average Bonchev–Trinajstić information content (AvgIpc) is 2.51. The van der Waals surface area contributed by atoms with Crippen LogP contribution in [0.15, 0.2) is 19.0 Å². The van der Waals surface area contributed by atoms with Crippen molar-refractivity contribution >= 4 is 5.91 Å². The van der Waals surface area contributed by atoms with Gasteiger partial charge in [-0.3, -0.25) is 9.48 Å². The van der Waals surface area contributed by atoms with Crippen molar-refractivity contribution in [3.8, 4) is 0 Å². The largest absolute Gasteiger partial charge is 0.343 e. The molecule has 0 bridgehead atoms. The molecular formula is C8H12N4O. The van der Waals surface area contributed by atoms with Gasteiger partial charge in [0.2, 0.25) is 5.91 Å². The van der Waals surface area contributed by atoms with Crippen molar-refractivity contribution in [2.75, 3.05) is 0 Å². The summed E-state index contributed by atoms with van der Waals surface area (Å²) in [4.78, 5) is 14.9. The third-order valence-electron chi connectivity index (χ3n) is 1.55. The van der Waals surface area contributed by atoms with Gasteiger partial charge in [-0.05, 0) is 13.0 Å². The van der Waals surface area contributed by atoms with Crippen LogP contribution in [0.3, 0.4) is 0 Å². The Kier molecular flexibility index (Phi) is 2.79. The summed E-state index contributed by atoms with van der Waals surface area (Å²) in [5.74, 6) is 0.373. The van der Waals surface area contributed by atoms with Gasteiger partial charge in [-0.2, -0.15) is 5.10 Å². The summed E-state index contributed by atoms with van der Waals surface area (Å²) in [5.41, 5.74) is 0. The molecule has 5 nitrogen and oxygen atoms in total. The molecule has 0 spiro atoms. The zero-order valence-corrected chi connectivity index (χ0v) is 7.69. The van der Waals surface area contributed by atoms with Crippen LogP contribution in [0.25, 0.3) is 0 Å².